The van der Waals surface area contributed by atoms with Gasteiger partial charge in [-0.2, -0.15) is 0 Å². The first-order valence-electron chi connectivity index (χ1n) is 5.85. The molecule has 0 heterocycles. The Morgan fingerprint density at radius 3 is 2.41 bits per heavy atom. The molecule has 6 nitrogen and oxygen atoms in total. The first kappa shape index (κ1) is 15.9. The molecule has 0 aromatic carbocycles. The molecule has 4 N–H and O–H groups in total. The zero-order valence-corrected chi connectivity index (χ0v) is 11.0. The van der Waals surface area contributed by atoms with Crippen LogP contribution < -0.4 is 16.4 Å². The van der Waals surface area contributed by atoms with Crippen molar-refractivity contribution in [1.82, 2.24) is 10.6 Å². The maximum Gasteiger partial charge on any atom is 0.321 e. The van der Waals surface area contributed by atoms with Crippen LogP contribution in [0, 0.1) is 0 Å². The number of carbonyl (C=O) groups is 2. The van der Waals surface area contributed by atoms with E-state index in [4.69, 9.17) is 10.5 Å². The van der Waals surface area contributed by atoms with Crippen molar-refractivity contribution >= 4 is 11.9 Å². The highest BCUT2D eigenvalue weighted by molar-refractivity contribution is 5.96. The first-order valence-corrected chi connectivity index (χ1v) is 5.85. The molecule has 0 aliphatic rings. The van der Waals surface area contributed by atoms with Gasteiger partial charge in [-0.1, -0.05) is 6.92 Å². The summed E-state index contributed by atoms with van der Waals surface area (Å²) in [6.07, 6.45) is -0.0199. The Morgan fingerprint density at radius 1 is 1.41 bits per heavy atom. The fourth-order valence-electron chi connectivity index (χ4n) is 1.17. The van der Waals surface area contributed by atoms with Gasteiger partial charge in [0.15, 0.2) is 0 Å². The second-order valence-corrected chi connectivity index (χ2v) is 4.12. The van der Waals surface area contributed by atoms with E-state index in [1.54, 1.807) is 13.8 Å². The molecule has 0 radical (unpaired) electrons. The SMILES string of the molecule is CCNC(=O)NC(=O)C(C)OC(C)(CC)CN. The van der Waals surface area contributed by atoms with Crippen LogP contribution in [0.1, 0.15) is 34.1 Å². The lowest BCUT2D eigenvalue weighted by Gasteiger charge is -2.29. The molecule has 0 fully saturated rings. The van der Waals surface area contributed by atoms with Gasteiger partial charge < -0.3 is 15.8 Å². The number of ether oxygens (including phenoxy) is 1. The molecular weight excluding hydrogens is 222 g/mol. The van der Waals surface area contributed by atoms with Crippen LogP contribution in [0.4, 0.5) is 4.79 Å². The average molecular weight is 245 g/mol. The van der Waals surface area contributed by atoms with Crippen LogP contribution in [0.5, 0.6) is 0 Å². The summed E-state index contributed by atoms with van der Waals surface area (Å²) in [5.41, 5.74) is 5.04. The lowest BCUT2D eigenvalue weighted by molar-refractivity contribution is -0.142. The predicted octanol–water partition coefficient (Wildman–Crippen LogP) is 0.365. The van der Waals surface area contributed by atoms with Gasteiger partial charge in [0, 0.05) is 13.1 Å². The molecule has 3 amide bonds. The van der Waals surface area contributed by atoms with E-state index in [9.17, 15) is 9.59 Å². The highest BCUT2D eigenvalue weighted by atomic mass is 16.5. The zero-order valence-electron chi connectivity index (χ0n) is 11.0. The summed E-state index contributed by atoms with van der Waals surface area (Å²) < 4.78 is 5.56. The number of imide groups is 1. The standard InChI is InChI=1S/C11H23N3O3/c1-5-11(4,7-12)17-8(3)9(15)14-10(16)13-6-2/h8H,5-7,12H2,1-4H3,(H2,13,14,15,16). The first-order chi connectivity index (χ1) is 7.88. The monoisotopic (exact) mass is 245 g/mol. The molecule has 2 unspecified atom stereocenters. The van der Waals surface area contributed by atoms with E-state index >= 15 is 0 Å². The highest BCUT2D eigenvalue weighted by Crippen LogP contribution is 2.15. The van der Waals surface area contributed by atoms with Crippen LogP contribution in [0.15, 0.2) is 0 Å². The van der Waals surface area contributed by atoms with Crippen LogP contribution >= 0.6 is 0 Å². The maximum atomic E-state index is 11.6. The quantitative estimate of drug-likeness (QED) is 0.630. The lowest BCUT2D eigenvalue weighted by atomic mass is 10.0. The van der Waals surface area contributed by atoms with Crippen molar-refractivity contribution < 1.29 is 14.3 Å². The molecule has 0 aromatic heterocycles. The molecule has 100 valence electrons. The normalized spacial score (nSPS) is 15.8. The van der Waals surface area contributed by atoms with Gasteiger partial charge in [0.05, 0.1) is 5.60 Å². The van der Waals surface area contributed by atoms with Gasteiger partial charge in [-0.05, 0) is 27.2 Å². The topological polar surface area (TPSA) is 93.5 Å². The minimum atomic E-state index is -0.717. The molecule has 6 heteroatoms. The molecule has 0 spiro atoms. The van der Waals surface area contributed by atoms with Gasteiger partial charge in [0.25, 0.3) is 5.91 Å². The second kappa shape index (κ2) is 7.24. The van der Waals surface area contributed by atoms with E-state index < -0.39 is 23.6 Å². The van der Waals surface area contributed by atoms with Gasteiger partial charge in [-0.3, -0.25) is 10.1 Å². The lowest BCUT2D eigenvalue weighted by Crippen LogP contribution is -2.48. The molecule has 17 heavy (non-hydrogen) atoms. The number of urea groups is 1. The van der Waals surface area contributed by atoms with Crippen molar-refractivity contribution in [3.05, 3.63) is 0 Å². The summed E-state index contributed by atoms with van der Waals surface area (Å²) in [7, 11) is 0. The van der Waals surface area contributed by atoms with E-state index in [2.05, 4.69) is 10.6 Å². The predicted molar refractivity (Wildman–Crippen MR) is 65.5 cm³/mol. The van der Waals surface area contributed by atoms with E-state index in [1.165, 1.54) is 0 Å². The van der Waals surface area contributed by atoms with Crippen molar-refractivity contribution in [2.45, 2.75) is 45.8 Å². The maximum absolute atomic E-state index is 11.6. The minimum Gasteiger partial charge on any atom is -0.361 e. The molecular formula is C11H23N3O3. The zero-order chi connectivity index (χ0) is 13.5. The summed E-state index contributed by atoms with van der Waals surface area (Å²) in [5, 5.41) is 4.67. The Labute approximate surface area is 102 Å². The Kier molecular flexibility index (Phi) is 6.75. The molecule has 0 saturated heterocycles. The molecule has 0 aromatic rings. The number of hydrogen-bond donors (Lipinski definition) is 3. The third-order valence-electron chi connectivity index (χ3n) is 2.58. The number of nitrogens with two attached hydrogens (primary N) is 1. The number of rotatable bonds is 6. The third-order valence-corrected chi connectivity index (χ3v) is 2.58. The average Bonchev–Trinajstić information content (AvgIpc) is 2.28. The van der Waals surface area contributed by atoms with Crippen LogP contribution in [-0.2, 0) is 9.53 Å². The Balaban J connectivity index is 4.27. The van der Waals surface area contributed by atoms with Crippen molar-refractivity contribution in [3.63, 3.8) is 0 Å². The number of hydrogen-bond acceptors (Lipinski definition) is 4. The molecule has 0 rings (SSSR count). The Hall–Kier alpha value is -1.14. The number of nitrogens with one attached hydrogen (secondary N) is 2. The molecule has 0 aliphatic heterocycles. The van der Waals surface area contributed by atoms with Crippen LogP contribution in [0.2, 0.25) is 0 Å². The highest BCUT2D eigenvalue weighted by Gasteiger charge is 2.27. The summed E-state index contributed by atoms with van der Waals surface area (Å²) in [6.45, 7) is 7.92. The fourth-order valence-corrected chi connectivity index (χ4v) is 1.17. The largest absolute Gasteiger partial charge is 0.361 e. The van der Waals surface area contributed by atoms with Crippen molar-refractivity contribution in [2.24, 2.45) is 5.73 Å². The van der Waals surface area contributed by atoms with Gasteiger partial charge in [-0.25, -0.2) is 4.79 Å². The molecule has 0 bridgehead atoms. The van der Waals surface area contributed by atoms with E-state index in [-0.39, 0.29) is 0 Å². The van der Waals surface area contributed by atoms with Gasteiger partial charge in [0.2, 0.25) is 0 Å². The Morgan fingerprint density at radius 2 is 2.00 bits per heavy atom. The van der Waals surface area contributed by atoms with E-state index in [1.807, 2.05) is 13.8 Å². The summed E-state index contributed by atoms with van der Waals surface area (Å²) in [5.74, 6) is -0.468. The Bertz CT molecular complexity index is 265. The molecule has 0 saturated carbocycles. The van der Waals surface area contributed by atoms with E-state index in [0.717, 1.165) is 0 Å². The molecule has 2 atom stereocenters. The van der Waals surface area contributed by atoms with Crippen LogP contribution in [0.25, 0.3) is 0 Å². The second-order valence-electron chi connectivity index (χ2n) is 4.12. The number of carbonyl (C=O) groups excluding carboxylic acids is 2. The van der Waals surface area contributed by atoms with Gasteiger partial charge in [0.1, 0.15) is 6.10 Å². The summed E-state index contributed by atoms with van der Waals surface area (Å²) in [6, 6.07) is -0.515. The number of amides is 3. The summed E-state index contributed by atoms with van der Waals surface area (Å²) in [4.78, 5) is 22.7. The van der Waals surface area contributed by atoms with Gasteiger partial charge >= 0.3 is 6.03 Å². The van der Waals surface area contributed by atoms with Gasteiger partial charge in [-0.15, -0.1) is 0 Å². The van der Waals surface area contributed by atoms with Crippen molar-refractivity contribution in [2.75, 3.05) is 13.1 Å². The molecule has 0 aliphatic carbocycles. The smallest absolute Gasteiger partial charge is 0.321 e. The minimum absolute atomic E-state index is 0.322. The van der Waals surface area contributed by atoms with Crippen LogP contribution in [-0.4, -0.2) is 36.7 Å². The summed E-state index contributed by atoms with van der Waals surface area (Å²) >= 11 is 0. The van der Waals surface area contributed by atoms with Crippen LogP contribution in [0.3, 0.4) is 0 Å². The van der Waals surface area contributed by atoms with E-state index in [0.29, 0.717) is 19.5 Å². The third kappa shape index (κ3) is 5.65. The fraction of sp³-hybridized carbons (Fsp3) is 0.818. The van der Waals surface area contributed by atoms with Crippen molar-refractivity contribution in [3.8, 4) is 0 Å². The van der Waals surface area contributed by atoms with Crippen molar-refractivity contribution in [1.29, 1.82) is 0 Å².